The van der Waals surface area contributed by atoms with Crippen molar-refractivity contribution >= 4 is 21.9 Å². The molecular weight excluding hydrogens is 422 g/mol. The Labute approximate surface area is 189 Å². The van der Waals surface area contributed by atoms with Crippen molar-refractivity contribution in [1.29, 1.82) is 0 Å². The number of phenolic OH excluding ortho intramolecular Hbond substituents is 1. The molecule has 2 aromatic heterocycles. The second-order valence-electron chi connectivity index (χ2n) is 8.73. The van der Waals surface area contributed by atoms with Gasteiger partial charge in [-0.15, -0.1) is 0 Å². The van der Waals surface area contributed by atoms with Crippen molar-refractivity contribution in [3.05, 3.63) is 68.9 Å². The number of benzene rings is 2. The maximum atomic E-state index is 12.9. The van der Waals surface area contributed by atoms with Gasteiger partial charge in [-0.3, -0.25) is 4.90 Å². The van der Waals surface area contributed by atoms with Crippen molar-refractivity contribution < 1.29 is 18.7 Å². The number of fused-ring (bicyclic) bond motifs is 2. The number of phenols is 1. The molecule has 0 amide bonds. The maximum Gasteiger partial charge on any atom is 0.344 e. The predicted octanol–water partition coefficient (Wildman–Crippen LogP) is 4.51. The normalized spacial score (nSPS) is 17.0. The highest BCUT2D eigenvalue weighted by atomic mass is 16.5. The Morgan fingerprint density at radius 1 is 1.09 bits per heavy atom. The van der Waals surface area contributed by atoms with Crippen LogP contribution in [0.5, 0.6) is 11.5 Å². The molecule has 1 saturated heterocycles. The molecule has 0 unspecified atom stereocenters. The molecule has 1 atom stereocenters. The highest BCUT2D eigenvalue weighted by molar-refractivity contribution is 5.97. The zero-order valence-electron chi connectivity index (χ0n) is 18.6. The molecule has 1 N–H and O–H groups in total. The van der Waals surface area contributed by atoms with Crippen LogP contribution in [0.2, 0.25) is 0 Å². The molecule has 1 aliphatic rings. The number of nitrogens with zero attached hydrogens (tertiary/aromatic N) is 1. The van der Waals surface area contributed by atoms with Crippen LogP contribution in [0.15, 0.2) is 60.9 Å². The molecule has 1 aliphatic heterocycles. The Balaban J connectivity index is 1.70. The minimum atomic E-state index is -0.596. The van der Waals surface area contributed by atoms with Gasteiger partial charge >= 0.3 is 11.3 Å². The van der Waals surface area contributed by atoms with Gasteiger partial charge in [0.25, 0.3) is 0 Å². The first kappa shape index (κ1) is 21.3. The van der Waals surface area contributed by atoms with Crippen LogP contribution in [-0.4, -0.2) is 30.2 Å². The first-order valence-corrected chi connectivity index (χ1v) is 11.1. The second-order valence-corrected chi connectivity index (χ2v) is 8.73. The molecule has 7 nitrogen and oxygen atoms in total. The molecule has 1 fully saturated rings. The molecule has 0 bridgehead atoms. The summed E-state index contributed by atoms with van der Waals surface area (Å²) in [6, 6.07) is 11.6. The average molecular weight is 447 g/mol. The Kier molecular flexibility index (Phi) is 5.42. The van der Waals surface area contributed by atoms with Crippen molar-refractivity contribution in [1.82, 2.24) is 4.90 Å². The lowest BCUT2D eigenvalue weighted by Crippen LogP contribution is -2.33. The van der Waals surface area contributed by atoms with Crippen LogP contribution in [0.4, 0.5) is 0 Å². The summed E-state index contributed by atoms with van der Waals surface area (Å²) < 4.78 is 16.4. The van der Waals surface area contributed by atoms with E-state index < -0.39 is 11.3 Å². The summed E-state index contributed by atoms with van der Waals surface area (Å²) in [5.41, 5.74) is 0.664. The van der Waals surface area contributed by atoms with E-state index in [0.717, 1.165) is 19.5 Å². The van der Waals surface area contributed by atoms with E-state index in [4.69, 9.17) is 13.6 Å². The average Bonchev–Trinajstić information content (AvgIpc) is 2.80. The fraction of sp³-hybridized carbons (Fsp3) is 0.308. The Bertz CT molecular complexity index is 1470. The lowest BCUT2D eigenvalue weighted by molar-refractivity contribution is 0.175. The van der Waals surface area contributed by atoms with Gasteiger partial charge in [-0.2, -0.15) is 0 Å². The highest BCUT2D eigenvalue weighted by Crippen LogP contribution is 2.35. The van der Waals surface area contributed by atoms with E-state index in [1.807, 2.05) is 6.07 Å². The van der Waals surface area contributed by atoms with Gasteiger partial charge in [0.15, 0.2) is 11.3 Å². The van der Waals surface area contributed by atoms with Gasteiger partial charge in [0.2, 0.25) is 0 Å². The van der Waals surface area contributed by atoms with Crippen LogP contribution in [0.1, 0.15) is 25.3 Å². The molecule has 7 heteroatoms. The molecule has 0 saturated carbocycles. The van der Waals surface area contributed by atoms with E-state index in [-0.39, 0.29) is 11.3 Å². The molecule has 170 valence electrons. The fourth-order valence-corrected chi connectivity index (χ4v) is 4.77. The number of likely N-dealkylation sites (tertiary alicyclic amines) is 1. The lowest BCUT2D eigenvalue weighted by atomic mass is 9.97. The minimum absolute atomic E-state index is 0.0660. The number of hydrogen-bond donors (Lipinski definition) is 1. The highest BCUT2D eigenvalue weighted by Gasteiger charge is 2.22. The SMILES string of the molecule is COc1cccc2cc(-c3cc(=O)oc4c(CN5CCC[C@@H](C)C5)c(O)ccc34)c(=O)oc12. The number of aromatic hydroxyl groups is 1. The number of methoxy groups -OCH3 is 1. The van der Waals surface area contributed by atoms with Crippen LogP contribution in [0, 0.1) is 5.92 Å². The van der Waals surface area contributed by atoms with Crippen LogP contribution in [-0.2, 0) is 6.54 Å². The molecular formula is C26H25NO6. The van der Waals surface area contributed by atoms with E-state index in [0.29, 0.717) is 51.3 Å². The molecule has 4 aromatic rings. The van der Waals surface area contributed by atoms with Crippen LogP contribution >= 0.6 is 0 Å². The summed E-state index contributed by atoms with van der Waals surface area (Å²) in [4.78, 5) is 27.8. The summed E-state index contributed by atoms with van der Waals surface area (Å²) in [6.07, 6.45) is 2.27. The van der Waals surface area contributed by atoms with Gasteiger partial charge in [-0.25, -0.2) is 9.59 Å². The van der Waals surface area contributed by atoms with Crippen LogP contribution in [0.25, 0.3) is 33.1 Å². The van der Waals surface area contributed by atoms with Crippen molar-refractivity contribution in [2.45, 2.75) is 26.3 Å². The molecule has 2 aromatic carbocycles. The van der Waals surface area contributed by atoms with E-state index in [2.05, 4.69) is 11.8 Å². The second kappa shape index (κ2) is 8.41. The summed E-state index contributed by atoms with van der Waals surface area (Å²) >= 11 is 0. The molecule has 3 heterocycles. The van der Waals surface area contributed by atoms with Gasteiger partial charge in [-0.05, 0) is 49.6 Å². The smallest absolute Gasteiger partial charge is 0.344 e. The Morgan fingerprint density at radius 2 is 1.94 bits per heavy atom. The van der Waals surface area contributed by atoms with E-state index in [1.165, 1.54) is 19.6 Å². The number of ether oxygens (including phenoxy) is 1. The van der Waals surface area contributed by atoms with Gasteiger partial charge in [0, 0.05) is 35.5 Å². The van der Waals surface area contributed by atoms with E-state index in [9.17, 15) is 14.7 Å². The Morgan fingerprint density at radius 3 is 2.73 bits per heavy atom. The van der Waals surface area contributed by atoms with Crippen molar-refractivity contribution in [2.24, 2.45) is 5.92 Å². The number of para-hydroxylation sites is 1. The predicted molar refractivity (Wildman–Crippen MR) is 126 cm³/mol. The first-order valence-electron chi connectivity index (χ1n) is 11.1. The van der Waals surface area contributed by atoms with E-state index in [1.54, 1.807) is 30.3 Å². The van der Waals surface area contributed by atoms with Crippen LogP contribution in [0.3, 0.4) is 0 Å². The van der Waals surface area contributed by atoms with E-state index >= 15 is 0 Å². The first-order chi connectivity index (χ1) is 15.9. The van der Waals surface area contributed by atoms with Crippen molar-refractivity contribution in [3.63, 3.8) is 0 Å². The summed E-state index contributed by atoms with van der Waals surface area (Å²) in [5, 5.41) is 11.9. The Hall–Kier alpha value is -3.58. The van der Waals surface area contributed by atoms with Crippen molar-refractivity contribution in [3.8, 4) is 22.6 Å². The zero-order valence-corrected chi connectivity index (χ0v) is 18.6. The van der Waals surface area contributed by atoms with Gasteiger partial charge in [-0.1, -0.05) is 19.1 Å². The quantitative estimate of drug-likeness (QED) is 0.460. The molecule has 0 spiro atoms. The number of rotatable bonds is 4. The third-order valence-corrected chi connectivity index (χ3v) is 6.35. The molecule has 33 heavy (non-hydrogen) atoms. The summed E-state index contributed by atoms with van der Waals surface area (Å²) in [7, 11) is 1.51. The van der Waals surface area contributed by atoms with Gasteiger partial charge < -0.3 is 18.7 Å². The molecule has 5 rings (SSSR count). The number of hydrogen-bond acceptors (Lipinski definition) is 7. The number of piperidine rings is 1. The largest absolute Gasteiger partial charge is 0.507 e. The fourth-order valence-electron chi connectivity index (χ4n) is 4.77. The summed E-state index contributed by atoms with van der Waals surface area (Å²) in [5.74, 6) is 1.09. The third kappa shape index (κ3) is 3.89. The third-order valence-electron chi connectivity index (χ3n) is 6.35. The minimum Gasteiger partial charge on any atom is -0.507 e. The summed E-state index contributed by atoms with van der Waals surface area (Å²) in [6.45, 7) is 4.50. The monoisotopic (exact) mass is 447 g/mol. The van der Waals surface area contributed by atoms with Gasteiger partial charge in [0.1, 0.15) is 11.3 Å². The topological polar surface area (TPSA) is 93.1 Å². The lowest BCUT2D eigenvalue weighted by Gasteiger charge is -2.31. The van der Waals surface area contributed by atoms with Crippen molar-refractivity contribution in [2.75, 3.05) is 20.2 Å². The molecule has 0 aliphatic carbocycles. The molecule has 0 radical (unpaired) electrons. The van der Waals surface area contributed by atoms with Gasteiger partial charge in [0.05, 0.1) is 18.2 Å². The zero-order chi connectivity index (χ0) is 23.1. The standard InChI is InChI=1S/C26H25NO6/c1-15-5-4-10-27(13-15)14-20-21(28)9-8-17-18(12-23(29)32-25(17)20)19-11-16-6-3-7-22(31-2)24(16)33-26(19)30/h3,6-9,11-12,15,28H,4-5,10,13-14H2,1-2H3/t15-/m1/s1. The maximum absolute atomic E-state index is 12.9. The van der Waals surface area contributed by atoms with Crippen LogP contribution < -0.4 is 16.0 Å².